The number of benzene rings is 2. The molecule has 1 atom stereocenters. The molecule has 0 spiro atoms. The van der Waals surface area contributed by atoms with Gasteiger partial charge in [0.15, 0.2) is 6.61 Å². The average Bonchev–Trinajstić information content (AvgIpc) is 3.02. The van der Waals surface area contributed by atoms with Gasteiger partial charge in [0, 0.05) is 5.02 Å². The van der Waals surface area contributed by atoms with E-state index in [0.717, 1.165) is 0 Å². The predicted molar refractivity (Wildman–Crippen MR) is 132 cm³/mol. The van der Waals surface area contributed by atoms with Crippen LogP contribution in [0.5, 0.6) is 0 Å². The van der Waals surface area contributed by atoms with Crippen LogP contribution in [0.4, 0.5) is 5.69 Å². The van der Waals surface area contributed by atoms with Crippen LogP contribution in [0.15, 0.2) is 18.2 Å². The first kappa shape index (κ1) is 26.9. The maximum Gasteiger partial charge on any atom is 0.330 e. The van der Waals surface area contributed by atoms with Crippen LogP contribution in [0.2, 0.25) is 30.1 Å². The molecule has 7 nitrogen and oxygen atoms in total. The highest BCUT2D eigenvalue weighted by atomic mass is 35.5. The van der Waals surface area contributed by atoms with Gasteiger partial charge >= 0.3 is 5.97 Å². The Bertz CT molecular complexity index is 1190. The first-order valence-electron chi connectivity index (χ1n) is 9.52. The van der Waals surface area contributed by atoms with Crippen LogP contribution in [-0.4, -0.2) is 41.2 Å². The van der Waals surface area contributed by atoms with Crippen molar-refractivity contribution in [2.45, 2.75) is 19.9 Å². The molecule has 180 valence electrons. The molecule has 3 amide bonds. The Morgan fingerprint density at radius 3 is 1.91 bits per heavy atom. The molecule has 1 aliphatic heterocycles. The lowest BCUT2D eigenvalue weighted by atomic mass is 10.0. The zero-order valence-corrected chi connectivity index (χ0v) is 21.9. The third kappa shape index (κ3) is 4.96. The van der Waals surface area contributed by atoms with Gasteiger partial charge in [-0.3, -0.25) is 19.3 Å². The maximum absolute atomic E-state index is 13.1. The van der Waals surface area contributed by atoms with Crippen molar-refractivity contribution in [3.63, 3.8) is 0 Å². The van der Waals surface area contributed by atoms with Crippen LogP contribution in [0.1, 0.15) is 34.6 Å². The fourth-order valence-electron chi connectivity index (χ4n) is 3.29. The van der Waals surface area contributed by atoms with E-state index in [1.807, 2.05) is 0 Å². The number of ether oxygens (including phenoxy) is 1. The molecule has 0 radical (unpaired) electrons. The molecule has 0 saturated carbocycles. The smallest absolute Gasteiger partial charge is 0.330 e. The number of carbonyl (C=O) groups is 4. The second-order valence-electron chi connectivity index (χ2n) is 7.46. The van der Waals surface area contributed by atoms with Gasteiger partial charge in [-0.25, -0.2) is 4.79 Å². The van der Waals surface area contributed by atoms with Gasteiger partial charge in [-0.05, 0) is 24.1 Å². The van der Waals surface area contributed by atoms with Crippen molar-refractivity contribution >= 4 is 99.0 Å². The Balaban J connectivity index is 1.81. The maximum atomic E-state index is 13.1. The number of nitrogens with zero attached hydrogens (tertiary/aromatic N) is 1. The molecule has 1 aliphatic rings. The standard InChI is InChI=1S/C21H14Cl6N2O5/c1-7(2)18(21(33)34-6-11(30)28-10-4-3-8(22)5-9(10)23)29-19(31)12-13(20(29)32)15(25)17(27)16(26)14(12)24/h3-5,7,18H,6H2,1-2H3,(H,28,30)/t18-/m0/s1. The highest BCUT2D eigenvalue weighted by molar-refractivity contribution is 6.55. The first-order valence-corrected chi connectivity index (χ1v) is 11.8. The van der Waals surface area contributed by atoms with Crippen LogP contribution in [-0.2, 0) is 14.3 Å². The summed E-state index contributed by atoms with van der Waals surface area (Å²) in [4.78, 5) is 52.0. The van der Waals surface area contributed by atoms with Crippen molar-refractivity contribution < 1.29 is 23.9 Å². The highest BCUT2D eigenvalue weighted by Gasteiger charge is 2.48. The Kier molecular flexibility index (Phi) is 8.28. The molecule has 0 unspecified atom stereocenters. The van der Waals surface area contributed by atoms with Crippen LogP contribution < -0.4 is 5.32 Å². The number of anilines is 1. The van der Waals surface area contributed by atoms with Crippen LogP contribution in [0, 0.1) is 5.92 Å². The quantitative estimate of drug-likeness (QED) is 0.183. The monoisotopic (exact) mass is 584 g/mol. The number of hydrogen-bond donors (Lipinski definition) is 1. The van der Waals surface area contributed by atoms with E-state index in [-0.39, 0.29) is 41.9 Å². The summed E-state index contributed by atoms with van der Waals surface area (Å²) in [7, 11) is 0. The van der Waals surface area contributed by atoms with Gasteiger partial charge in [-0.15, -0.1) is 0 Å². The van der Waals surface area contributed by atoms with Crippen molar-refractivity contribution in [1.82, 2.24) is 4.90 Å². The van der Waals surface area contributed by atoms with Gasteiger partial charge in [0.1, 0.15) is 6.04 Å². The zero-order valence-electron chi connectivity index (χ0n) is 17.4. The molecule has 0 bridgehead atoms. The number of esters is 1. The molecular formula is C21H14Cl6N2O5. The molecule has 2 aromatic rings. The number of halogens is 6. The Hall–Kier alpha value is -1.74. The summed E-state index contributed by atoms with van der Waals surface area (Å²) in [5, 5.41) is 2.11. The van der Waals surface area contributed by atoms with Crippen LogP contribution in [0.25, 0.3) is 0 Å². The summed E-state index contributed by atoms with van der Waals surface area (Å²) in [5.41, 5.74) is -0.273. The minimum atomic E-state index is -1.39. The summed E-state index contributed by atoms with van der Waals surface area (Å²) in [6.07, 6.45) is 0. The molecule has 1 heterocycles. The zero-order chi connectivity index (χ0) is 25.5. The van der Waals surface area contributed by atoms with E-state index in [9.17, 15) is 19.2 Å². The number of carbonyl (C=O) groups excluding carboxylic acids is 4. The fourth-order valence-corrected chi connectivity index (χ4v) is 4.76. The SMILES string of the molecule is CC(C)[C@@H](C(=O)OCC(=O)Nc1ccc(Cl)cc1Cl)N1C(=O)c2c(Cl)c(Cl)c(Cl)c(Cl)c2C1=O. The normalized spacial score (nSPS) is 13.9. The van der Waals surface area contributed by atoms with Gasteiger partial charge < -0.3 is 10.1 Å². The van der Waals surface area contributed by atoms with Gasteiger partial charge in [0.25, 0.3) is 17.7 Å². The van der Waals surface area contributed by atoms with Gasteiger partial charge in [-0.2, -0.15) is 0 Å². The second-order valence-corrected chi connectivity index (χ2v) is 9.81. The molecule has 0 aromatic heterocycles. The molecule has 13 heteroatoms. The van der Waals surface area contributed by atoms with Crippen molar-refractivity contribution in [1.29, 1.82) is 0 Å². The second kappa shape index (κ2) is 10.5. The summed E-state index contributed by atoms with van der Waals surface area (Å²) < 4.78 is 5.09. The Morgan fingerprint density at radius 2 is 1.44 bits per heavy atom. The van der Waals surface area contributed by atoms with Crippen LogP contribution >= 0.6 is 69.6 Å². The van der Waals surface area contributed by atoms with E-state index >= 15 is 0 Å². The third-order valence-corrected chi connectivity index (χ3v) is 7.18. The number of imide groups is 1. The van der Waals surface area contributed by atoms with E-state index in [0.29, 0.717) is 9.92 Å². The lowest BCUT2D eigenvalue weighted by molar-refractivity contribution is -0.152. The van der Waals surface area contributed by atoms with E-state index in [2.05, 4.69) is 5.32 Å². The minimum absolute atomic E-state index is 0.185. The molecule has 1 N–H and O–H groups in total. The Labute approximate surface area is 224 Å². The van der Waals surface area contributed by atoms with Crippen molar-refractivity contribution in [2.24, 2.45) is 5.92 Å². The highest BCUT2D eigenvalue weighted by Crippen LogP contribution is 2.45. The van der Waals surface area contributed by atoms with Gasteiger partial charge in [0.05, 0.1) is 41.9 Å². The van der Waals surface area contributed by atoms with Crippen molar-refractivity contribution in [3.8, 4) is 0 Å². The minimum Gasteiger partial charge on any atom is -0.454 e. The largest absolute Gasteiger partial charge is 0.454 e. The molecule has 0 saturated heterocycles. The topological polar surface area (TPSA) is 92.8 Å². The summed E-state index contributed by atoms with van der Waals surface area (Å²) in [6.45, 7) is 2.47. The summed E-state index contributed by atoms with van der Waals surface area (Å²) in [6, 6.07) is 3.03. The van der Waals surface area contributed by atoms with Crippen molar-refractivity contribution in [2.75, 3.05) is 11.9 Å². The summed E-state index contributed by atoms with van der Waals surface area (Å²) in [5.74, 6) is -4.07. The Morgan fingerprint density at radius 1 is 0.912 bits per heavy atom. The molecule has 3 rings (SSSR count). The molecule has 34 heavy (non-hydrogen) atoms. The van der Waals surface area contributed by atoms with E-state index in [4.69, 9.17) is 74.3 Å². The molecule has 0 aliphatic carbocycles. The van der Waals surface area contributed by atoms with Gasteiger partial charge in [0.2, 0.25) is 0 Å². The summed E-state index contributed by atoms with van der Waals surface area (Å²) >= 11 is 36.2. The van der Waals surface area contributed by atoms with Crippen LogP contribution in [0.3, 0.4) is 0 Å². The number of hydrogen-bond acceptors (Lipinski definition) is 5. The molecule has 2 aromatic carbocycles. The average molecular weight is 587 g/mol. The number of fused-ring (bicyclic) bond motifs is 1. The van der Waals surface area contributed by atoms with E-state index < -0.39 is 42.3 Å². The lowest BCUT2D eigenvalue weighted by Gasteiger charge is -2.27. The number of amides is 3. The van der Waals surface area contributed by atoms with E-state index in [1.165, 1.54) is 18.2 Å². The van der Waals surface area contributed by atoms with Crippen molar-refractivity contribution in [3.05, 3.63) is 59.5 Å². The van der Waals surface area contributed by atoms with Gasteiger partial charge in [-0.1, -0.05) is 83.5 Å². The predicted octanol–water partition coefficient (Wildman–Crippen LogP) is 6.41. The number of nitrogens with one attached hydrogen (secondary N) is 1. The fraction of sp³-hybridized carbons (Fsp3) is 0.238. The van der Waals surface area contributed by atoms with E-state index in [1.54, 1.807) is 13.8 Å². The molecular weight excluding hydrogens is 573 g/mol. The third-order valence-electron chi connectivity index (χ3n) is 4.83. The molecule has 0 fully saturated rings. The lowest BCUT2D eigenvalue weighted by Crippen LogP contribution is -2.49. The number of rotatable bonds is 6. The first-order chi connectivity index (χ1) is 15.9.